The van der Waals surface area contributed by atoms with Crippen LogP contribution in [0.3, 0.4) is 0 Å². The van der Waals surface area contributed by atoms with Gasteiger partial charge in [0.05, 0.1) is 11.5 Å². The first-order valence-corrected chi connectivity index (χ1v) is 6.35. The Morgan fingerprint density at radius 1 is 1.50 bits per heavy atom. The Hall–Kier alpha value is -0.590. The van der Waals surface area contributed by atoms with Crippen molar-refractivity contribution < 1.29 is 0 Å². The van der Waals surface area contributed by atoms with Crippen LogP contribution in [0.5, 0.6) is 0 Å². The fraction of sp³-hybridized carbons (Fsp3) is 0.923. The SMILES string of the molecule is CNCC1CCN(CCCC(C)(C)C#N)C1. The van der Waals surface area contributed by atoms with Gasteiger partial charge in [0.25, 0.3) is 0 Å². The number of rotatable bonds is 6. The van der Waals surface area contributed by atoms with Gasteiger partial charge in [0.2, 0.25) is 0 Å². The molecular weight excluding hydrogens is 198 g/mol. The van der Waals surface area contributed by atoms with Crippen molar-refractivity contribution in [1.29, 1.82) is 5.26 Å². The molecule has 1 rings (SSSR count). The molecule has 1 heterocycles. The average molecular weight is 223 g/mol. The van der Waals surface area contributed by atoms with Crippen LogP contribution in [0.25, 0.3) is 0 Å². The fourth-order valence-corrected chi connectivity index (χ4v) is 2.37. The highest BCUT2D eigenvalue weighted by atomic mass is 15.1. The smallest absolute Gasteiger partial charge is 0.0683 e. The molecule has 0 aromatic heterocycles. The second-order valence-corrected chi connectivity index (χ2v) is 5.61. The highest BCUT2D eigenvalue weighted by Gasteiger charge is 2.22. The van der Waals surface area contributed by atoms with Gasteiger partial charge in [-0.15, -0.1) is 0 Å². The quantitative estimate of drug-likeness (QED) is 0.747. The van der Waals surface area contributed by atoms with Gasteiger partial charge in [-0.25, -0.2) is 0 Å². The van der Waals surface area contributed by atoms with E-state index in [0.717, 1.165) is 31.8 Å². The lowest BCUT2D eigenvalue weighted by molar-refractivity contribution is 0.296. The molecule has 1 atom stereocenters. The van der Waals surface area contributed by atoms with E-state index in [9.17, 15) is 0 Å². The van der Waals surface area contributed by atoms with Gasteiger partial charge in [-0.1, -0.05) is 0 Å². The summed E-state index contributed by atoms with van der Waals surface area (Å²) < 4.78 is 0. The van der Waals surface area contributed by atoms with E-state index >= 15 is 0 Å². The Morgan fingerprint density at radius 2 is 2.25 bits per heavy atom. The lowest BCUT2D eigenvalue weighted by atomic mass is 9.90. The summed E-state index contributed by atoms with van der Waals surface area (Å²) >= 11 is 0. The van der Waals surface area contributed by atoms with Crippen LogP contribution in [0.4, 0.5) is 0 Å². The summed E-state index contributed by atoms with van der Waals surface area (Å²) in [6.45, 7) is 8.82. The highest BCUT2D eigenvalue weighted by Crippen LogP contribution is 2.22. The molecule has 0 aromatic carbocycles. The highest BCUT2D eigenvalue weighted by molar-refractivity contribution is 4.91. The third-order valence-electron chi connectivity index (χ3n) is 3.44. The zero-order valence-electron chi connectivity index (χ0n) is 10.9. The zero-order chi connectivity index (χ0) is 12.0. The van der Waals surface area contributed by atoms with E-state index in [1.165, 1.54) is 19.5 Å². The lowest BCUT2D eigenvalue weighted by Crippen LogP contribution is -2.26. The molecule has 1 aliphatic heterocycles. The maximum Gasteiger partial charge on any atom is 0.0683 e. The molecule has 0 aromatic rings. The van der Waals surface area contributed by atoms with Crippen LogP contribution in [-0.4, -0.2) is 38.1 Å². The third-order valence-corrected chi connectivity index (χ3v) is 3.44. The van der Waals surface area contributed by atoms with Crippen LogP contribution in [0.2, 0.25) is 0 Å². The van der Waals surface area contributed by atoms with Crippen molar-refractivity contribution in [3.05, 3.63) is 0 Å². The summed E-state index contributed by atoms with van der Waals surface area (Å²) in [6.07, 6.45) is 3.48. The standard InChI is InChI=1S/C13H25N3/c1-13(2,11-14)6-4-7-16-8-5-12(10-16)9-15-3/h12,15H,4-10H2,1-3H3. The minimum Gasteiger partial charge on any atom is -0.319 e. The molecule has 3 nitrogen and oxygen atoms in total. The third kappa shape index (κ3) is 4.51. The molecular formula is C13H25N3. The minimum atomic E-state index is -0.149. The van der Waals surface area contributed by atoms with Crippen molar-refractivity contribution in [3.8, 4) is 6.07 Å². The van der Waals surface area contributed by atoms with Crippen molar-refractivity contribution in [1.82, 2.24) is 10.2 Å². The fourth-order valence-electron chi connectivity index (χ4n) is 2.37. The number of hydrogen-bond acceptors (Lipinski definition) is 3. The van der Waals surface area contributed by atoms with Crippen LogP contribution < -0.4 is 5.32 Å². The van der Waals surface area contributed by atoms with Gasteiger partial charge in [0.1, 0.15) is 0 Å². The molecule has 1 saturated heterocycles. The van der Waals surface area contributed by atoms with Crippen LogP contribution in [0.15, 0.2) is 0 Å². The molecule has 92 valence electrons. The van der Waals surface area contributed by atoms with E-state index in [0.29, 0.717) is 0 Å². The Kier molecular flexibility index (Phi) is 5.24. The maximum atomic E-state index is 8.93. The summed E-state index contributed by atoms with van der Waals surface area (Å²) in [4.78, 5) is 2.54. The second-order valence-electron chi connectivity index (χ2n) is 5.61. The Balaban J connectivity index is 2.14. The van der Waals surface area contributed by atoms with Crippen LogP contribution in [0, 0.1) is 22.7 Å². The molecule has 0 saturated carbocycles. The van der Waals surface area contributed by atoms with Crippen molar-refractivity contribution in [2.45, 2.75) is 33.1 Å². The monoisotopic (exact) mass is 223 g/mol. The van der Waals surface area contributed by atoms with Crippen LogP contribution >= 0.6 is 0 Å². The van der Waals surface area contributed by atoms with Gasteiger partial charge in [0, 0.05) is 6.54 Å². The van der Waals surface area contributed by atoms with Crippen molar-refractivity contribution in [2.75, 3.05) is 33.2 Å². The van der Waals surface area contributed by atoms with Gasteiger partial charge in [-0.2, -0.15) is 5.26 Å². The molecule has 1 N–H and O–H groups in total. The molecule has 0 bridgehead atoms. The van der Waals surface area contributed by atoms with E-state index in [2.05, 4.69) is 16.3 Å². The van der Waals surface area contributed by atoms with Gasteiger partial charge in [-0.05, 0) is 65.7 Å². The molecule has 1 fully saturated rings. The van der Waals surface area contributed by atoms with Crippen molar-refractivity contribution >= 4 is 0 Å². The van der Waals surface area contributed by atoms with E-state index in [1.54, 1.807) is 0 Å². The first-order chi connectivity index (χ1) is 7.57. The first-order valence-electron chi connectivity index (χ1n) is 6.35. The van der Waals surface area contributed by atoms with Gasteiger partial charge >= 0.3 is 0 Å². The molecule has 0 amide bonds. The summed E-state index contributed by atoms with van der Waals surface area (Å²) in [5.41, 5.74) is -0.149. The summed E-state index contributed by atoms with van der Waals surface area (Å²) in [6, 6.07) is 2.37. The minimum absolute atomic E-state index is 0.149. The predicted molar refractivity (Wildman–Crippen MR) is 67.1 cm³/mol. The predicted octanol–water partition coefficient (Wildman–Crippen LogP) is 1.86. The molecule has 0 radical (unpaired) electrons. The van der Waals surface area contributed by atoms with E-state index in [4.69, 9.17) is 5.26 Å². The Morgan fingerprint density at radius 3 is 2.88 bits per heavy atom. The molecule has 1 unspecified atom stereocenters. The lowest BCUT2D eigenvalue weighted by Gasteiger charge is -2.19. The van der Waals surface area contributed by atoms with Crippen LogP contribution in [-0.2, 0) is 0 Å². The van der Waals surface area contributed by atoms with Crippen LogP contribution in [0.1, 0.15) is 33.1 Å². The molecule has 0 aliphatic carbocycles. The molecule has 3 heteroatoms. The average Bonchev–Trinajstić information content (AvgIpc) is 2.66. The maximum absolute atomic E-state index is 8.93. The van der Waals surface area contributed by atoms with Gasteiger partial charge in [-0.3, -0.25) is 0 Å². The van der Waals surface area contributed by atoms with E-state index < -0.39 is 0 Å². The number of nitriles is 1. The summed E-state index contributed by atoms with van der Waals surface area (Å²) in [5.74, 6) is 0.828. The van der Waals surface area contributed by atoms with E-state index in [-0.39, 0.29) is 5.41 Å². The van der Waals surface area contributed by atoms with Gasteiger partial charge < -0.3 is 10.2 Å². The van der Waals surface area contributed by atoms with Gasteiger partial charge in [0.15, 0.2) is 0 Å². The number of hydrogen-bond donors (Lipinski definition) is 1. The number of nitrogens with zero attached hydrogens (tertiary/aromatic N) is 2. The topological polar surface area (TPSA) is 39.1 Å². The normalized spacial score (nSPS) is 22.2. The number of nitrogens with one attached hydrogen (secondary N) is 1. The van der Waals surface area contributed by atoms with Crippen molar-refractivity contribution in [3.63, 3.8) is 0 Å². The number of likely N-dealkylation sites (tertiary alicyclic amines) is 1. The molecule has 16 heavy (non-hydrogen) atoms. The summed E-state index contributed by atoms with van der Waals surface area (Å²) in [5, 5.41) is 12.2. The first kappa shape index (κ1) is 13.5. The second kappa shape index (κ2) is 6.22. The van der Waals surface area contributed by atoms with Crippen molar-refractivity contribution in [2.24, 2.45) is 11.3 Å². The summed E-state index contributed by atoms with van der Waals surface area (Å²) in [7, 11) is 2.03. The molecule has 1 aliphatic rings. The molecule has 0 spiro atoms. The zero-order valence-corrected chi connectivity index (χ0v) is 10.9. The van der Waals surface area contributed by atoms with E-state index in [1.807, 2.05) is 20.9 Å². The Labute approximate surface area is 99.8 Å². The Bertz CT molecular complexity index is 242. The largest absolute Gasteiger partial charge is 0.319 e.